The zero-order chi connectivity index (χ0) is 16.6. The number of aromatic nitrogens is 3. The third-order valence-corrected chi connectivity index (χ3v) is 4.02. The summed E-state index contributed by atoms with van der Waals surface area (Å²) < 4.78 is 0. The molecule has 1 aliphatic rings. The van der Waals surface area contributed by atoms with Gasteiger partial charge in [0.25, 0.3) is 0 Å². The zero-order valence-electron chi connectivity index (χ0n) is 13.5. The fourth-order valence-corrected chi connectivity index (χ4v) is 2.76. The Morgan fingerprint density at radius 3 is 2.54 bits per heavy atom. The van der Waals surface area contributed by atoms with Gasteiger partial charge in [0.05, 0.1) is 12.2 Å². The number of hydrogen-bond acceptors (Lipinski definition) is 5. The van der Waals surface area contributed by atoms with Crippen LogP contribution in [-0.2, 0) is 6.54 Å². The van der Waals surface area contributed by atoms with Gasteiger partial charge in [0.2, 0.25) is 0 Å². The number of anilines is 2. The molecule has 2 amide bonds. The molecule has 7 heteroatoms. The first-order chi connectivity index (χ1) is 11.8. The minimum atomic E-state index is -0.217. The summed E-state index contributed by atoms with van der Waals surface area (Å²) in [5, 5.41) is 16.9. The van der Waals surface area contributed by atoms with Gasteiger partial charge >= 0.3 is 6.03 Å². The number of hydrogen-bond donors (Lipinski definition) is 3. The van der Waals surface area contributed by atoms with Crippen LogP contribution in [0.5, 0.6) is 0 Å². The van der Waals surface area contributed by atoms with Crippen molar-refractivity contribution >= 4 is 17.7 Å². The number of rotatable bonds is 5. The van der Waals surface area contributed by atoms with E-state index in [1.54, 1.807) is 18.3 Å². The van der Waals surface area contributed by atoms with E-state index in [9.17, 15) is 4.79 Å². The molecule has 0 unspecified atom stereocenters. The van der Waals surface area contributed by atoms with Gasteiger partial charge in [-0.05, 0) is 37.1 Å². The Labute approximate surface area is 141 Å². The molecular formula is C17H22N6O. The smallest absolute Gasteiger partial charge is 0.320 e. The quantitative estimate of drug-likeness (QED) is 0.786. The van der Waals surface area contributed by atoms with Crippen LogP contribution in [0.2, 0.25) is 0 Å². The summed E-state index contributed by atoms with van der Waals surface area (Å²) in [7, 11) is 0. The third kappa shape index (κ3) is 4.91. The summed E-state index contributed by atoms with van der Waals surface area (Å²) in [6.45, 7) is 0.574. The molecule has 0 atom stereocenters. The Morgan fingerprint density at radius 1 is 1.04 bits per heavy atom. The number of urea groups is 1. The maximum atomic E-state index is 12.0. The monoisotopic (exact) mass is 326 g/mol. The summed E-state index contributed by atoms with van der Waals surface area (Å²) in [5.41, 5.74) is 0.924. The lowest BCUT2D eigenvalue weighted by Gasteiger charge is -2.22. The molecule has 3 N–H and O–H groups in total. The van der Waals surface area contributed by atoms with Crippen molar-refractivity contribution in [3.8, 4) is 0 Å². The van der Waals surface area contributed by atoms with E-state index in [4.69, 9.17) is 0 Å². The van der Waals surface area contributed by atoms with Crippen LogP contribution >= 0.6 is 0 Å². The van der Waals surface area contributed by atoms with E-state index in [1.165, 1.54) is 19.3 Å². The van der Waals surface area contributed by atoms with Crippen molar-refractivity contribution in [3.05, 3.63) is 42.2 Å². The van der Waals surface area contributed by atoms with Gasteiger partial charge in [-0.25, -0.2) is 4.79 Å². The zero-order valence-corrected chi connectivity index (χ0v) is 13.5. The van der Waals surface area contributed by atoms with E-state index < -0.39 is 0 Å². The van der Waals surface area contributed by atoms with Crippen LogP contribution < -0.4 is 16.0 Å². The summed E-state index contributed by atoms with van der Waals surface area (Å²) in [5.74, 6) is 1.07. The summed E-state index contributed by atoms with van der Waals surface area (Å²) in [4.78, 5) is 16.2. The van der Waals surface area contributed by atoms with E-state index in [1.807, 2.05) is 18.2 Å². The molecule has 7 nitrogen and oxygen atoms in total. The number of amides is 2. The van der Waals surface area contributed by atoms with Crippen molar-refractivity contribution in [3.63, 3.8) is 0 Å². The predicted molar refractivity (Wildman–Crippen MR) is 92.6 cm³/mol. The second-order valence-electron chi connectivity index (χ2n) is 5.91. The molecule has 2 aromatic rings. The highest BCUT2D eigenvalue weighted by Gasteiger charge is 2.15. The van der Waals surface area contributed by atoms with E-state index in [-0.39, 0.29) is 12.1 Å². The number of carbonyl (C=O) groups excluding carboxylic acids is 1. The fraction of sp³-hybridized carbons (Fsp3) is 0.412. The maximum absolute atomic E-state index is 12.0. The van der Waals surface area contributed by atoms with Crippen LogP contribution in [0.25, 0.3) is 0 Å². The summed E-state index contributed by atoms with van der Waals surface area (Å²) in [6.07, 6.45) is 7.48. The van der Waals surface area contributed by atoms with Gasteiger partial charge in [-0.2, -0.15) is 0 Å². The maximum Gasteiger partial charge on any atom is 0.320 e. The standard InChI is InChI=1S/C17H22N6O/c24-17(20-13-6-2-1-3-7-13)21-16-10-9-15(22-23-16)19-12-14-8-4-5-11-18-14/h4-5,8-11,13H,1-3,6-7,12H2,(H,19,22)(H2,20,21,23,24). The van der Waals surface area contributed by atoms with Crippen molar-refractivity contribution in [2.75, 3.05) is 10.6 Å². The topological polar surface area (TPSA) is 91.8 Å². The normalized spacial score (nSPS) is 14.8. The molecule has 126 valence electrons. The molecule has 2 aromatic heterocycles. The van der Waals surface area contributed by atoms with Crippen LogP contribution in [0.1, 0.15) is 37.8 Å². The van der Waals surface area contributed by atoms with Crippen molar-refractivity contribution in [1.29, 1.82) is 0 Å². The van der Waals surface area contributed by atoms with E-state index in [2.05, 4.69) is 31.1 Å². The highest BCUT2D eigenvalue weighted by atomic mass is 16.2. The van der Waals surface area contributed by atoms with Gasteiger partial charge in [-0.3, -0.25) is 10.3 Å². The fourth-order valence-electron chi connectivity index (χ4n) is 2.76. The minimum absolute atomic E-state index is 0.217. The molecule has 24 heavy (non-hydrogen) atoms. The molecule has 0 bridgehead atoms. The van der Waals surface area contributed by atoms with Crippen molar-refractivity contribution < 1.29 is 4.79 Å². The van der Waals surface area contributed by atoms with Gasteiger partial charge in [0.15, 0.2) is 5.82 Å². The first-order valence-corrected chi connectivity index (χ1v) is 8.34. The van der Waals surface area contributed by atoms with Crippen LogP contribution in [0.3, 0.4) is 0 Å². The minimum Gasteiger partial charge on any atom is -0.363 e. The van der Waals surface area contributed by atoms with Crippen molar-refractivity contribution in [1.82, 2.24) is 20.5 Å². The number of nitrogens with one attached hydrogen (secondary N) is 3. The molecule has 0 saturated heterocycles. The molecule has 1 fully saturated rings. The Balaban J connectivity index is 1.46. The molecule has 1 aliphatic carbocycles. The van der Waals surface area contributed by atoms with Gasteiger partial charge in [0, 0.05) is 12.2 Å². The Morgan fingerprint density at radius 2 is 1.83 bits per heavy atom. The second kappa shape index (κ2) is 8.24. The second-order valence-corrected chi connectivity index (χ2v) is 5.91. The number of carbonyl (C=O) groups is 1. The van der Waals surface area contributed by atoms with Gasteiger partial charge in [0.1, 0.15) is 5.82 Å². The van der Waals surface area contributed by atoms with Crippen molar-refractivity contribution in [2.45, 2.75) is 44.7 Å². The highest BCUT2D eigenvalue weighted by molar-refractivity contribution is 5.88. The molecule has 0 aliphatic heterocycles. The summed E-state index contributed by atoms with van der Waals surface area (Å²) >= 11 is 0. The lowest BCUT2D eigenvalue weighted by molar-refractivity contribution is 0.244. The van der Waals surface area contributed by atoms with Crippen LogP contribution in [0, 0.1) is 0 Å². The molecule has 0 spiro atoms. The first-order valence-electron chi connectivity index (χ1n) is 8.34. The molecule has 0 radical (unpaired) electrons. The van der Waals surface area contributed by atoms with Crippen LogP contribution in [0.4, 0.5) is 16.4 Å². The molecular weight excluding hydrogens is 304 g/mol. The van der Waals surface area contributed by atoms with Gasteiger partial charge in [-0.15, -0.1) is 10.2 Å². The van der Waals surface area contributed by atoms with Gasteiger partial charge < -0.3 is 10.6 Å². The van der Waals surface area contributed by atoms with E-state index in [0.29, 0.717) is 18.2 Å². The lowest BCUT2D eigenvalue weighted by atomic mass is 9.96. The average molecular weight is 326 g/mol. The van der Waals surface area contributed by atoms with Crippen LogP contribution in [-0.4, -0.2) is 27.3 Å². The Kier molecular flexibility index (Phi) is 5.55. The Bertz CT molecular complexity index is 640. The average Bonchev–Trinajstić information content (AvgIpc) is 2.63. The summed E-state index contributed by atoms with van der Waals surface area (Å²) in [6, 6.07) is 9.32. The Hall–Kier alpha value is -2.70. The SMILES string of the molecule is O=C(Nc1ccc(NCc2ccccn2)nn1)NC1CCCCC1. The number of nitrogens with zero attached hydrogens (tertiary/aromatic N) is 3. The predicted octanol–water partition coefficient (Wildman–Crippen LogP) is 2.94. The molecule has 2 heterocycles. The number of pyridine rings is 1. The lowest BCUT2D eigenvalue weighted by Crippen LogP contribution is -2.39. The highest BCUT2D eigenvalue weighted by Crippen LogP contribution is 2.17. The largest absolute Gasteiger partial charge is 0.363 e. The van der Waals surface area contributed by atoms with Gasteiger partial charge in [-0.1, -0.05) is 25.3 Å². The molecule has 3 rings (SSSR count). The molecule has 0 aromatic carbocycles. The van der Waals surface area contributed by atoms with E-state index >= 15 is 0 Å². The molecule has 1 saturated carbocycles. The third-order valence-electron chi connectivity index (χ3n) is 4.02. The van der Waals surface area contributed by atoms with E-state index in [0.717, 1.165) is 18.5 Å². The van der Waals surface area contributed by atoms with Crippen molar-refractivity contribution in [2.24, 2.45) is 0 Å². The van der Waals surface area contributed by atoms with Crippen LogP contribution in [0.15, 0.2) is 36.5 Å². The first kappa shape index (κ1) is 16.2.